The molecule has 36 heavy (non-hydrogen) atoms. The SMILES string of the molecule is C=C(NNC(=O)c1nnn(-c2nonc2N)c1CN(C)c1ccccc1)c1ccc(OCCC)cc1. The largest absolute Gasteiger partial charge is 0.494 e. The highest BCUT2D eigenvalue weighted by Gasteiger charge is 2.25. The molecule has 4 N–H and O–H groups in total. The molecule has 0 fully saturated rings. The van der Waals surface area contributed by atoms with Crippen molar-refractivity contribution in [3.8, 4) is 11.6 Å². The van der Waals surface area contributed by atoms with E-state index in [-0.39, 0.29) is 23.9 Å². The van der Waals surface area contributed by atoms with Crippen LogP contribution in [0.5, 0.6) is 5.75 Å². The van der Waals surface area contributed by atoms with Crippen LogP contribution >= 0.6 is 0 Å². The van der Waals surface area contributed by atoms with Crippen LogP contribution in [-0.4, -0.2) is 44.9 Å². The molecule has 0 saturated heterocycles. The fourth-order valence-electron chi connectivity index (χ4n) is 3.36. The predicted octanol–water partition coefficient (Wildman–Crippen LogP) is 2.56. The molecule has 0 spiro atoms. The summed E-state index contributed by atoms with van der Waals surface area (Å²) in [6.45, 7) is 6.95. The molecule has 1 amide bonds. The van der Waals surface area contributed by atoms with Gasteiger partial charge in [0.05, 0.1) is 24.5 Å². The lowest BCUT2D eigenvalue weighted by Crippen LogP contribution is -2.37. The Balaban J connectivity index is 1.51. The maximum Gasteiger partial charge on any atom is 0.292 e. The first-order chi connectivity index (χ1) is 17.5. The molecule has 0 unspecified atom stereocenters. The summed E-state index contributed by atoms with van der Waals surface area (Å²) in [4.78, 5) is 15.0. The van der Waals surface area contributed by atoms with E-state index in [1.165, 1.54) is 4.68 Å². The molecule has 0 saturated carbocycles. The number of benzene rings is 2. The van der Waals surface area contributed by atoms with Crippen molar-refractivity contribution in [1.29, 1.82) is 0 Å². The van der Waals surface area contributed by atoms with Crippen LogP contribution in [0.15, 0.2) is 65.8 Å². The maximum atomic E-state index is 13.1. The lowest BCUT2D eigenvalue weighted by molar-refractivity contribution is 0.0936. The fraction of sp³-hybridized carbons (Fsp3) is 0.208. The molecule has 0 aliphatic heterocycles. The highest BCUT2D eigenvalue weighted by atomic mass is 16.6. The van der Waals surface area contributed by atoms with E-state index >= 15 is 0 Å². The van der Waals surface area contributed by atoms with Gasteiger partial charge in [0.2, 0.25) is 11.6 Å². The number of carbonyl (C=O) groups excluding carboxylic acids is 1. The number of carbonyl (C=O) groups is 1. The van der Waals surface area contributed by atoms with Crippen molar-refractivity contribution >= 4 is 23.1 Å². The van der Waals surface area contributed by atoms with Crippen molar-refractivity contribution in [2.24, 2.45) is 0 Å². The van der Waals surface area contributed by atoms with Gasteiger partial charge in [-0.1, -0.05) is 36.9 Å². The first-order valence-electron chi connectivity index (χ1n) is 11.3. The van der Waals surface area contributed by atoms with Gasteiger partial charge in [-0.2, -0.15) is 4.68 Å². The van der Waals surface area contributed by atoms with Gasteiger partial charge in [0.1, 0.15) is 5.75 Å². The van der Waals surface area contributed by atoms with Crippen molar-refractivity contribution in [1.82, 2.24) is 36.2 Å². The van der Waals surface area contributed by atoms with Gasteiger partial charge in [-0.3, -0.25) is 15.6 Å². The molecule has 2 aromatic heterocycles. The Morgan fingerprint density at radius 2 is 1.89 bits per heavy atom. The highest BCUT2D eigenvalue weighted by molar-refractivity contribution is 5.93. The van der Waals surface area contributed by atoms with Crippen LogP contribution in [0, 0.1) is 0 Å². The van der Waals surface area contributed by atoms with Gasteiger partial charge in [-0.25, -0.2) is 4.63 Å². The molecule has 0 bridgehead atoms. The second-order valence-corrected chi connectivity index (χ2v) is 7.89. The van der Waals surface area contributed by atoms with Crippen molar-refractivity contribution < 1.29 is 14.2 Å². The van der Waals surface area contributed by atoms with Gasteiger partial charge < -0.3 is 15.4 Å². The minimum atomic E-state index is -0.517. The van der Waals surface area contributed by atoms with Gasteiger partial charge in [-0.15, -0.1) is 5.10 Å². The molecule has 12 heteroatoms. The second-order valence-electron chi connectivity index (χ2n) is 7.89. The molecular weight excluding hydrogens is 462 g/mol. The lowest BCUT2D eigenvalue weighted by atomic mass is 10.2. The number of amides is 1. The van der Waals surface area contributed by atoms with E-state index in [2.05, 4.69) is 38.1 Å². The van der Waals surface area contributed by atoms with E-state index in [0.717, 1.165) is 23.4 Å². The summed E-state index contributed by atoms with van der Waals surface area (Å²) in [5.41, 5.74) is 14.0. The smallest absolute Gasteiger partial charge is 0.292 e. The Morgan fingerprint density at radius 1 is 1.14 bits per heavy atom. The minimum Gasteiger partial charge on any atom is -0.494 e. The molecule has 0 radical (unpaired) electrons. The third-order valence-electron chi connectivity index (χ3n) is 5.26. The van der Waals surface area contributed by atoms with Crippen LogP contribution in [0.25, 0.3) is 11.5 Å². The second kappa shape index (κ2) is 11.0. The van der Waals surface area contributed by atoms with Gasteiger partial charge in [-0.05, 0) is 58.7 Å². The molecule has 0 aliphatic rings. The molecule has 12 nitrogen and oxygen atoms in total. The van der Waals surface area contributed by atoms with Gasteiger partial charge in [0.25, 0.3) is 5.91 Å². The van der Waals surface area contributed by atoms with E-state index in [4.69, 9.17) is 15.1 Å². The third kappa shape index (κ3) is 5.43. The molecule has 0 atom stereocenters. The Hall–Kier alpha value is -4.87. The van der Waals surface area contributed by atoms with Crippen molar-refractivity contribution in [3.63, 3.8) is 0 Å². The predicted molar refractivity (Wildman–Crippen MR) is 134 cm³/mol. The highest BCUT2D eigenvalue weighted by Crippen LogP contribution is 2.21. The average molecular weight is 490 g/mol. The van der Waals surface area contributed by atoms with Crippen LogP contribution in [0.1, 0.15) is 35.1 Å². The van der Waals surface area contributed by atoms with Crippen LogP contribution in [-0.2, 0) is 6.54 Å². The summed E-state index contributed by atoms with van der Waals surface area (Å²) < 4.78 is 11.6. The van der Waals surface area contributed by atoms with E-state index in [0.29, 0.717) is 18.0 Å². The molecule has 0 aliphatic carbocycles. The van der Waals surface area contributed by atoms with Crippen molar-refractivity contribution in [3.05, 3.63) is 78.1 Å². The zero-order valence-corrected chi connectivity index (χ0v) is 20.0. The normalized spacial score (nSPS) is 10.6. The topological polar surface area (TPSA) is 149 Å². The van der Waals surface area contributed by atoms with Gasteiger partial charge >= 0.3 is 0 Å². The number of ether oxygens (including phenoxy) is 1. The number of anilines is 2. The average Bonchev–Trinajstić information content (AvgIpc) is 3.52. The monoisotopic (exact) mass is 489 g/mol. The van der Waals surface area contributed by atoms with Crippen LogP contribution in [0.2, 0.25) is 0 Å². The van der Waals surface area contributed by atoms with Crippen LogP contribution in [0.3, 0.4) is 0 Å². The number of hydrogen-bond acceptors (Lipinski definition) is 10. The Morgan fingerprint density at radius 3 is 2.56 bits per heavy atom. The Bertz CT molecular complexity index is 1320. The van der Waals surface area contributed by atoms with E-state index in [1.807, 2.05) is 73.5 Å². The number of nitrogens with one attached hydrogen (secondary N) is 2. The quantitative estimate of drug-likeness (QED) is 0.268. The molecular formula is C24H27N9O3. The zero-order chi connectivity index (χ0) is 25.5. The fourth-order valence-corrected chi connectivity index (χ4v) is 3.36. The molecule has 186 valence electrons. The number of aromatic nitrogens is 5. The summed E-state index contributed by atoms with van der Waals surface area (Å²) in [7, 11) is 1.88. The summed E-state index contributed by atoms with van der Waals surface area (Å²) in [6, 6.07) is 17.1. The van der Waals surface area contributed by atoms with E-state index in [1.54, 1.807) is 0 Å². The third-order valence-corrected chi connectivity index (χ3v) is 5.26. The summed E-state index contributed by atoms with van der Waals surface area (Å²) in [6.07, 6.45) is 0.926. The lowest BCUT2D eigenvalue weighted by Gasteiger charge is -2.20. The van der Waals surface area contributed by atoms with Crippen molar-refractivity contribution in [2.75, 3.05) is 24.3 Å². The Labute approximate surface area is 207 Å². The molecule has 4 aromatic rings. The number of rotatable bonds is 11. The molecule has 2 heterocycles. The maximum absolute atomic E-state index is 13.1. The number of para-hydroxylation sites is 1. The van der Waals surface area contributed by atoms with E-state index in [9.17, 15) is 4.79 Å². The first-order valence-corrected chi connectivity index (χ1v) is 11.3. The molecule has 4 rings (SSSR count). The van der Waals surface area contributed by atoms with Gasteiger partial charge in [0, 0.05) is 12.7 Å². The number of nitrogens with zero attached hydrogens (tertiary/aromatic N) is 6. The number of hydrazine groups is 1. The number of nitrogens with two attached hydrogens (primary N) is 1. The number of hydrogen-bond donors (Lipinski definition) is 3. The molecule has 2 aromatic carbocycles. The summed E-state index contributed by atoms with van der Waals surface area (Å²) >= 11 is 0. The van der Waals surface area contributed by atoms with Crippen LogP contribution in [0.4, 0.5) is 11.5 Å². The van der Waals surface area contributed by atoms with Crippen LogP contribution < -0.4 is 26.2 Å². The Kier molecular flexibility index (Phi) is 7.44. The summed E-state index contributed by atoms with van der Waals surface area (Å²) in [5, 5.41) is 15.5. The minimum absolute atomic E-state index is 0.0216. The zero-order valence-electron chi connectivity index (χ0n) is 20.0. The summed E-state index contributed by atoms with van der Waals surface area (Å²) in [5.74, 6) is 0.411. The first kappa shape index (κ1) is 24.3. The number of nitrogen functional groups attached to an aromatic ring is 1. The standard InChI is InChI=1S/C24H27N9O3/c1-4-14-35-19-12-10-17(11-13-19)16(2)26-28-24(34)21-20(15-32(3)18-8-6-5-7-9-18)33(31-27-21)23-22(25)29-36-30-23/h5-13,26H,2,4,14-15H2,1,3H3,(H2,25,29)(H,28,34). The van der Waals surface area contributed by atoms with Crippen molar-refractivity contribution in [2.45, 2.75) is 19.9 Å². The van der Waals surface area contributed by atoms with E-state index < -0.39 is 5.91 Å². The van der Waals surface area contributed by atoms with Gasteiger partial charge in [0.15, 0.2) is 5.69 Å².